The van der Waals surface area contributed by atoms with Crippen molar-refractivity contribution in [1.29, 1.82) is 0 Å². The summed E-state index contributed by atoms with van der Waals surface area (Å²) in [4.78, 5) is 4.47. The van der Waals surface area contributed by atoms with E-state index in [1.54, 1.807) is 7.11 Å². The Morgan fingerprint density at radius 2 is 1.81 bits per heavy atom. The van der Waals surface area contributed by atoms with Gasteiger partial charge < -0.3 is 20.1 Å². The van der Waals surface area contributed by atoms with E-state index in [0.717, 1.165) is 23.4 Å². The van der Waals surface area contributed by atoms with Gasteiger partial charge in [0.1, 0.15) is 24.0 Å². The van der Waals surface area contributed by atoms with Crippen LogP contribution in [0.5, 0.6) is 5.75 Å². The first-order valence-electron chi connectivity index (χ1n) is 8.79. The molecule has 2 aromatic rings. The van der Waals surface area contributed by atoms with Gasteiger partial charge in [0.05, 0.1) is 13.2 Å². The average molecular weight is 377 g/mol. The lowest BCUT2D eigenvalue weighted by Crippen LogP contribution is -2.37. The molecule has 0 radical (unpaired) electrons. The lowest BCUT2D eigenvalue weighted by Gasteiger charge is -2.12. The molecule has 0 bridgehead atoms. The summed E-state index contributed by atoms with van der Waals surface area (Å²) in [6.45, 7) is 4.21. The first-order valence-corrected chi connectivity index (χ1v) is 8.79. The molecular weight excluding hydrogens is 352 g/mol. The highest BCUT2D eigenvalue weighted by Gasteiger charge is 2.05. The van der Waals surface area contributed by atoms with Crippen LogP contribution < -0.4 is 15.4 Å². The van der Waals surface area contributed by atoms with Crippen molar-refractivity contribution in [2.24, 2.45) is 4.99 Å². The lowest BCUT2D eigenvalue weighted by molar-refractivity contribution is 0.146. The van der Waals surface area contributed by atoms with E-state index >= 15 is 0 Å². The third-order valence-electron chi connectivity index (χ3n) is 3.70. The van der Waals surface area contributed by atoms with E-state index in [4.69, 9.17) is 9.47 Å². The Labute approximate surface area is 158 Å². The molecule has 27 heavy (non-hydrogen) atoms. The van der Waals surface area contributed by atoms with Gasteiger partial charge in [-0.25, -0.2) is 13.8 Å². The summed E-state index contributed by atoms with van der Waals surface area (Å²) in [5.41, 5.74) is 1.25. The molecule has 0 saturated heterocycles. The number of halogens is 2. The molecule has 0 heterocycles. The van der Waals surface area contributed by atoms with Gasteiger partial charge in [0.2, 0.25) is 0 Å². The fraction of sp³-hybridized carbons (Fsp3) is 0.350. The van der Waals surface area contributed by atoms with Crippen LogP contribution in [0.15, 0.2) is 47.5 Å². The Hall–Kier alpha value is -2.67. The number of hydrogen-bond donors (Lipinski definition) is 2. The number of ether oxygens (including phenoxy) is 2. The minimum absolute atomic E-state index is 0.141. The van der Waals surface area contributed by atoms with Crippen molar-refractivity contribution in [2.75, 3.05) is 26.9 Å². The molecular formula is C20H25F2N3O2. The zero-order valence-corrected chi connectivity index (χ0v) is 15.6. The van der Waals surface area contributed by atoms with Gasteiger partial charge in [-0.2, -0.15) is 0 Å². The SMILES string of the molecule is CCNC(=NCc1ccc(OCCOC)cc1)NCc1cc(F)ccc1F. The van der Waals surface area contributed by atoms with Crippen LogP contribution >= 0.6 is 0 Å². The minimum Gasteiger partial charge on any atom is -0.491 e. The van der Waals surface area contributed by atoms with Gasteiger partial charge in [-0.3, -0.25) is 0 Å². The summed E-state index contributed by atoms with van der Waals surface area (Å²) in [5.74, 6) is 0.375. The van der Waals surface area contributed by atoms with Crippen LogP contribution in [0.1, 0.15) is 18.1 Å². The fourth-order valence-corrected chi connectivity index (χ4v) is 2.30. The van der Waals surface area contributed by atoms with Crippen molar-refractivity contribution in [3.8, 4) is 5.75 Å². The molecule has 0 saturated carbocycles. The Morgan fingerprint density at radius 3 is 2.52 bits per heavy atom. The van der Waals surface area contributed by atoms with Crippen molar-refractivity contribution in [2.45, 2.75) is 20.0 Å². The van der Waals surface area contributed by atoms with Gasteiger partial charge >= 0.3 is 0 Å². The zero-order chi connectivity index (χ0) is 19.5. The topological polar surface area (TPSA) is 54.9 Å². The van der Waals surface area contributed by atoms with Crippen LogP contribution in [0.3, 0.4) is 0 Å². The van der Waals surface area contributed by atoms with Gasteiger partial charge in [0, 0.05) is 25.8 Å². The van der Waals surface area contributed by atoms with Gasteiger partial charge in [-0.05, 0) is 42.8 Å². The van der Waals surface area contributed by atoms with E-state index in [0.29, 0.717) is 32.3 Å². The molecule has 2 N–H and O–H groups in total. The lowest BCUT2D eigenvalue weighted by atomic mass is 10.2. The fourth-order valence-electron chi connectivity index (χ4n) is 2.30. The number of guanidine groups is 1. The highest BCUT2D eigenvalue weighted by Crippen LogP contribution is 2.13. The highest BCUT2D eigenvalue weighted by atomic mass is 19.1. The van der Waals surface area contributed by atoms with Crippen molar-refractivity contribution in [3.63, 3.8) is 0 Å². The van der Waals surface area contributed by atoms with Gasteiger partial charge in [-0.1, -0.05) is 12.1 Å². The standard InChI is InChI=1S/C20H25F2N3O2/c1-3-23-20(25-14-16-12-17(21)6-9-19(16)22)24-13-15-4-7-18(8-5-15)27-11-10-26-2/h4-9,12H,3,10-11,13-14H2,1-2H3,(H2,23,24,25). The smallest absolute Gasteiger partial charge is 0.191 e. The summed E-state index contributed by atoms with van der Waals surface area (Å²) in [6, 6.07) is 11.0. The first-order chi connectivity index (χ1) is 13.1. The second-order valence-electron chi connectivity index (χ2n) is 5.77. The second kappa shape index (κ2) is 11.1. The number of aliphatic imine (C=N–C) groups is 1. The number of rotatable bonds is 9. The molecule has 0 aliphatic heterocycles. The summed E-state index contributed by atoms with van der Waals surface area (Å²) >= 11 is 0. The summed E-state index contributed by atoms with van der Waals surface area (Å²) < 4.78 is 37.4. The van der Waals surface area contributed by atoms with Gasteiger partial charge in [-0.15, -0.1) is 0 Å². The molecule has 0 spiro atoms. The maximum atomic E-state index is 13.7. The van der Waals surface area contributed by atoms with Crippen molar-refractivity contribution in [3.05, 3.63) is 65.2 Å². The van der Waals surface area contributed by atoms with Crippen LogP contribution in [0.25, 0.3) is 0 Å². The molecule has 7 heteroatoms. The van der Waals surface area contributed by atoms with Crippen LogP contribution in [-0.2, 0) is 17.8 Å². The van der Waals surface area contributed by atoms with E-state index in [-0.39, 0.29) is 12.1 Å². The number of nitrogens with zero attached hydrogens (tertiary/aromatic N) is 1. The van der Waals surface area contributed by atoms with Crippen molar-refractivity contribution in [1.82, 2.24) is 10.6 Å². The average Bonchev–Trinajstić information content (AvgIpc) is 2.67. The quantitative estimate of drug-likeness (QED) is 0.400. The monoisotopic (exact) mass is 377 g/mol. The normalized spacial score (nSPS) is 11.3. The molecule has 2 rings (SSSR count). The van der Waals surface area contributed by atoms with E-state index < -0.39 is 11.6 Å². The van der Waals surface area contributed by atoms with E-state index in [9.17, 15) is 8.78 Å². The maximum Gasteiger partial charge on any atom is 0.191 e. The Balaban J connectivity index is 1.93. The van der Waals surface area contributed by atoms with Crippen molar-refractivity contribution >= 4 is 5.96 Å². The third-order valence-corrected chi connectivity index (χ3v) is 3.70. The molecule has 5 nitrogen and oxygen atoms in total. The molecule has 0 atom stereocenters. The van der Waals surface area contributed by atoms with Crippen LogP contribution in [0, 0.1) is 11.6 Å². The Morgan fingerprint density at radius 1 is 1.04 bits per heavy atom. The summed E-state index contributed by atoms with van der Waals surface area (Å²) in [7, 11) is 1.63. The number of methoxy groups -OCH3 is 1. The van der Waals surface area contributed by atoms with Crippen molar-refractivity contribution < 1.29 is 18.3 Å². The molecule has 0 aliphatic rings. The zero-order valence-electron chi connectivity index (χ0n) is 15.6. The predicted octanol–water partition coefficient (Wildman–Crippen LogP) is 3.25. The molecule has 146 valence electrons. The summed E-state index contributed by atoms with van der Waals surface area (Å²) in [6.07, 6.45) is 0. The Bertz CT molecular complexity index is 737. The predicted molar refractivity (Wildman–Crippen MR) is 102 cm³/mol. The Kier molecular flexibility index (Phi) is 8.51. The van der Waals surface area contributed by atoms with Crippen LogP contribution in [-0.4, -0.2) is 32.8 Å². The highest BCUT2D eigenvalue weighted by molar-refractivity contribution is 5.79. The maximum absolute atomic E-state index is 13.7. The number of nitrogens with one attached hydrogen (secondary N) is 2. The molecule has 0 aliphatic carbocycles. The number of benzene rings is 2. The third kappa shape index (κ3) is 7.22. The molecule has 0 fully saturated rings. The van der Waals surface area contributed by atoms with E-state index in [2.05, 4.69) is 15.6 Å². The number of hydrogen-bond acceptors (Lipinski definition) is 3. The van der Waals surface area contributed by atoms with Gasteiger partial charge in [0.25, 0.3) is 0 Å². The molecule has 0 aromatic heterocycles. The second-order valence-corrected chi connectivity index (χ2v) is 5.77. The minimum atomic E-state index is -0.469. The summed E-state index contributed by atoms with van der Waals surface area (Å²) in [5, 5.41) is 6.10. The first kappa shape index (κ1) is 20.6. The largest absolute Gasteiger partial charge is 0.491 e. The van der Waals surface area contributed by atoms with Crippen LogP contribution in [0.2, 0.25) is 0 Å². The molecule has 0 amide bonds. The van der Waals surface area contributed by atoms with E-state index in [1.165, 1.54) is 6.07 Å². The molecule has 2 aromatic carbocycles. The van der Waals surface area contributed by atoms with Gasteiger partial charge in [0.15, 0.2) is 5.96 Å². The van der Waals surface area contributed by atoms with Crippen LogP contribution in [0.4, 0.5) is 8.78 Å². The van der Waals surface area contributed by atoms with E-state index in [1.807, 2.05) is 31.2 Å². The molecule has 0 unspecified atom stereocenters.